The Labute approximate surface area is 195 Å². The molecule has 2 aromatic carbocycles. The lowest BCUT2D eigenvalue weighted by Gasteiger charge is -2.13. The first kappa shape index (κ1) is 24.9. The van der Waals surface area contributed by atoms with Gasteiger partial charge in [-0.1, -0.05) is 13.3 Å². The zero-order chi connectivity index (χ0) is 23.0. The fourth-order valence-corrected chi connectivity index (χ4v) is 3.72. The van der Waals surface area contributed by atoms with Crippen molar-refractivity contribution >= 4 is 28.3 Å². The molecule has 0 unspecified atom stereocenters. The minimum absolute atomic E-state index is 0.0188. The summed E-state index contributed by atoms with van der Waals surface area (Å²) >= 11 is 1.98. The predicted molar refractivity (Wildman–Crippen MR) is 126 cm³/mol. The number of rotatable bonds is 10. The largest absolute Gasteiger partial charge is 0.504 e. The molecule has 0 heterocycles. The Bertz CT molecular complexity index is 967. The molecule has 0 aliphatic carbocycles. The van der Waals surface area contributed by atoms with Crippen molar-refractivity contribution in [1.29, 1.82) is 0 Å². The second-order valence-corrected chi connectivity index (χ2v) is 8.24. The fourth-order valence-electron chi connectivity index (χ4n) is 3.10. The van der Waals surface area contributed by atoms with Crippen molar-refractivity contribution in [3.63, 3.8) is 0 Å². The number of hydrogen-bond acceptors (Lipinski definition) is 6. The van der Waals surface area contributed by atoms with Crippen molar-refractivity contribution in [2.75, 3.05) is 7.11 Å². The molecule has 166 valence electrons. The third-order valence-corrected chi connectivity index (χ3v) is 5.61. The van der Waals surface area contributed by atoms with E-state index in [-0.39, 0.29) is 11.4 Å². The van der Waals surface area contributed by atoms with Crippen molar-refractivity contribution < 1.29 is 25.0 Å². The van der Waals surface area contributed by atoms with E-state index in [4.69, 9.17) is 4.74 Å². The zero-order valence-electron chi connectivity index (χ0n) is 17.4. The lowest BCUT2D eigenvalue weighted by Crippen LogP contribution is -2.00. The van der Waals surface area contributed by atoms with Crippen LogP contribution in [0.15, 0.2) is 53.8 Å². The number of benzene rings is 2. The van der Waals surface area contributed by atoms with Crippen molar-refractivity contribution in [1.82, 2.24) is 0 Å². The molecule has 2 atom stereocenters. The summed E-state index contributed by atoms with van der Waals surface area (Å²) in [6, 6.07) is 9.17. The molecule has 0 aliphatic heterocycles. The summed E-state index contributed by atoms with van der Waals surface area (Å²) < 4.78 is 5.72. The van der Waals surface area contributed by atoms with Crippen LogP contribution in [0, 0.1) is 13.7 Å². The molecule has 2 rings (SSSR count). The lowest BCUT2D eigenvalue weighted by molar-refractivity contribution is -0.384. The molecule has 0 spiro atoms. The van der Waals surface area contributed by atoms with Gasteiger partial charge in [0.1, 0.15) is 0 Å². The second kappa shape index (κ2) is 11.9. The molecule has 8 heteroatoms. The molecule has 3 N–H and O–H groups in total. The smallest absolute Gasteiger partial charge is 0.269 e. The maximum Gasteiger partial charge on any atom is 0.269 e. The molecular formula is C23H26INO6. The highest BCUT2D eigenvalue weighted by atomic mass is 127. The minimum Gasteiger partial charge on any atom is -0.504 e. The Balaban J connectivity index is 2.12. The number of hydrogen-bond donors (Lipinski definition) is 3. The number of non-ortho nitro benzene ring substituents is 1. The van der Waals surface area contributed by atoms with Gasteiger partial charge < -0.3 is 20.1 Å². The lowest BCUT2D eigenvalue weighted by atomic mass is 9.98. The standard InChI is InChI=1S/C23H26INO6/c1-3-5-15(12-21(27)16-8-10-18(11-9-16)25(29)30)6-4-7-20(26)17-13-19(24)23(28)22(14-17)31-2/h4,8-11,13-14,20-21,26-28H,3,5,7,12H2,1-2H3/t6?,20-,21-/m1/s1. The van der Waals surface area contributed by atoms with Crippen LogP contribution in [-0.2, 0) is 0 Å². The summed E-state index contributed by atoms with van der Waals surface area (Å²) in [6.07, 6.45) is 2.42. The van der Waals surface area contributed by atoms with Crippen molar-refractivity contribution in [3.8, 4) is 11.5 Å². The number of methoxy groups -OCH3 is 1. The monoisotopic (exact) mass is 539 g/mol. The van der Waals surface area contributed by atoms with Crippen molar-refractivity contribution in [2.24, 2.45) is 0 Å². The number of phenolic OH excluding ortho intramolecular Hbond substituents is 1. The van der Waals surface area contributed by atoms with Gasteiger partial charge in [-0.2, -0.15) is 0 Å². The van der Waals surface area contributed by atoms with Gasteiger partial charge in [0.25, 0.3) is 5.69 Å². The van der Waals surface area contributed by atoms with E-state index in [1.807, 2.05) is 29.5 Å². The highest BCUT2D eigenvalue weighted by Gasteiger charge is 2.14. The topological polar surface area (TPSA) is 113 Å². The fraction of sp³-hybridized carbons (Fsp3) is 0.348. The Morgan fingerprint density at radius 3 is 2.48 bits per heavy atom. The number of aromatic hydroxyl groups is 1. The molecule has 0 saturated heterocycles. The van der Waals surface area contributed by atoms with Crippen LogP contribution < -0.4 is 4.74 Å². The number of phenols is 1. The molecule has 7 nitrogen and oxygen atoms in total. The third kappa shape index (κ3) is 7.07. The number of nitro benzene ring substituents is 1. The maximum atomic E-state index is 10.8. The number of aliphatic hydroxyl groups is 2. The first-order chi connectivity index (χ1) is 14.8. The van der Waals surface area contributed by atoms with Crippen LogP contribution in [0.1, 0.15) is 55.9 Å². The van der Waals surface area contributed by atoms with E-state index in [0.717, 1.165) is 18.4 Å². The van der Waals surface area contributed by atoms with Gasteiger partial charge in [-0.3, -0.25) is 10.1 Å². The quantitative estimate of drug-likeness (QED) is 0.163. The number of nitro groups is 1. The molecule has 0 aliphatic rings. The molecule has 0 aromatic heterocycles. The Morgan fingerprint density at radius 1 is 1.23 bits per heavy atom. The Morgan fingerprint density at radius 2 is 1.90 bits per heavy atom. The van der Waals surface area contributed by atoms with Gasteiger partial charge in [0, 0.05) is 25.0 Å². The minimum atomic E-state index is -0.795. The van der Waals surface area contributed by atoms with Crippen LogP contribution in [-0.4, -0.2) is 27.4 Å². The van der Waals surface area contributed by atoms with Crippen molar-refractivity contribution in [3.05, 3.63) is 78.6 Å². The van der Waals surface area contributed by atoms with Crippen LogP contribution in [0.3, 0.4) is 0 Å². The van der Waals surface area contributed by atoms with E-state index < -0.39 is 17.1 Å². The SMILES string of the molecule is CCCC(=C=CC[C@@H](O)c1cc(I)c(O)c(OC)c1)C[C@@H](O)c1ccc([N+](=O)[O-])cc1. The first-order valence-corrected chi connectivity index (χ1v) is 10.9. The summed E-state index contributed by atoms with van der Waals surface area (Å²) in [7, 11) is 1.46. The Hall–Kier alpha value is -2.39. The molecule has 0 fully saturated rings. The van der Waals surface area contributed by atoms with E-state index >= 15 is 0 Å². The van der Waals surface area contributed by atoms with E-state index in [1.54, 1.807) is 30.3 Å². The van der Waals surface area contributed by atoms with Gasteiger partial charge in [0.2, 0.25) is 0 Å². The summed E-state index contributed by atoms with van der Waals surface area (Å²) in [6.45, 7) is 2.03. The van der Waals surface area contributed by atoms with E-state index in [1.165, 1.54) is 19.2 Å². The predicted octanol–water partition coefficient (Wildman–Crippen LogP) is 5.34. The molecular weight excluding hydrogens is 513 g/mol. The maximum absolute atomic E-state index is 10.8. The summed E-state index contributed by atoms with van der Waals surface area (Å²) in [5.41, 5.74) is 5.30. The van der Waals surface area contributed by atoms with Crippen LogP contribution in [0.2, 0.25) is 0 Å². The summed E-state index contributed by atoms with van der Waals surface area (Å²) in [5.74, 6) is 0.346. The number of ether oxygens (including phenoxy) is 1. The Kier molecular flexibility index (Phi) is 9.51. The van der Waals surface area contributed by atoms with Gasteiger partial charge in [0.05, 0.1) is 27.8 Å². The number of aliphatic hydroxyl groups excluding tert-OH is 2. The van der Waals surface area contributed by atoms with Gasteiger partial charge in [-0.15, -0.1) is 5.73 Å². The van der Waals surface area contributed by atoms with Crippen molar-refractivity contribution in [2.45, 2.75) is 44.8 Å². The summed E-state index contributed by atoms with van der Waals surface area (Å²) in [4.78, 5) is 10.3. The molecule has 31 heavy (non-hydrogen) atoms. The average molecular weight is 539 g/mol. The van der Waals surface area contributed by atoms with E-state index in [0.29, 0.717) is 33.3 Å². The second-order valence-electron chi connectivity index (χ2n) is 7.08. The number of nitrogens with zero attached hydrogens (tertiary/aromatic N) is 1. The molecule has 2 aromatic rings. The third-order valence-electron chi connectivity index (χ3n) is 4.78. The van der Waals surface area contributed by atoms with Gasteiger partial charge in [-0.05, 0) is 76.1 Å². The van der Waals surface area contributed by atoms with Crippen LogP contribution >= 0.6 is 22.6 Å². The highest BCUT2D eigenvalue weighted by Crippen LogP contribution is 2.35. The average Bonchev–Trinajstić information content (AvgIpc) is 2.75. The number of halogens is 1. The van der Waals surface area contributed by atoms with Gasteiger partial charge in [0.15, 0.2) is 11.5 Å². The van der Waals surface area contributed by atoms with E-state index in [9.17, 15) is 25.4 Å². The first-order valence-electron chi connectivity index (χ1n) is 9.86. The summed E-state index contributed by atoms with van der Waals surface area (Å²) in [5, 5.41) is 41.7. The van der Waals surface area contributed by atoms with Crippen LogP contribution in [0.4, 0.5) is 5.69 Å². The normalized spacial score (nSPS) is 12.5. The zero-order valence-corrected chi connectivity index (χ0v) is 19.6. The van der Waals surface area contributed by atoms with Gasteiger partial charge in [-0.25, -0.2) is 0 Å². The molecule has 0 radical (unpaired) electrons. The van der Waals surface area contributed by atoms with Crippen LogP contribution in [0.25, 0.3) is 0 Å². The van der Waals surface area contributed by atoms with Crippen LogP contribution in [0.5, 0.6) is 11.5 Å². The van der Waals surface area contributed by atoms with Gasteiger partial charge >= 0.3 is 0 Å². The highest BCUT2D eigenvalue weighted by molar-refractivity contribution is 14.1. The molecule has 0 saturated carbocycles. The molecule has 0 bridgehead atoms. The molecule has 0 amide bonds. The van der Waals surface area contributed by atoms with E-state index in [2.05, 4.69) is 5.73 Å².